The Morgan fingerprint density at radius 1 is 0.865 bits per heavy atom. The molecular formula is C28H23ClN2O6. The van der Waals surface area contributed by atoms with Crippen LogP contribution in [-0.4, -0.2) is 46.0 Å². The van der Waals surface area contributed by atoms with Gasteiger partial charge >= 0.3 is 5.97 Å². The monoisotopic (exact) mass is 518 g/mol. The largest absolute Gasteiger partial charge is 0.423 e. The van der Waals surface area contributed by atoms with Crippen LogP contribution in [-0.2, 0) is 9.59 Å². The van der Waals surface area contributed by atoms with Crippen molar-refractivity contribution in [1.82, 2.24) is 10.0 Å². The third-order valence-corrected chi connectivity index (χ3v) is 6.13. The highest BCUT2D eigenvalue weighted by Gasteiger charge is 2.36. The van der Waals surface area contributed by atoms with Crippen molar-refractivity contribution in [3.05, 3.63) is 100 Å². The Hall–Kier alpha value is -4.30. The minimum Gasteiger partial charge on any atom is -0.423 e. The molecule has 1 heterocycles. The van der Waals surface area contributed by atoms with Gasteiger partial charge in [-0.2, -0.15) is 5.01 Å². The van der Waals surface area contributed by atoms with E-state index in [2.05, 4.69) is 0 Å². The maximum absolute atomic E-state index is 13.3. The van der Waals surface area contributed by atoms with Crippen molar-refractivity contribution < 1.29 is 28.7 Å². The van der Waals surface area contributed by atoms with E-state index in [1.807, 2.05) is 6.92 Å². The number of halogens is 1. The number of amides is 3. The average Bonchev–Trinajstić information content (AvgIpc) is 2.88. The summed E-state index contributed by atoms with van der Waals surface area (Å²) < 4.78 is 5.36. The highest BCUT2D eigenvalue weighted by atomic mass is 35.5. The van der Waals surface area contributed by atoms with Crippen LogP contribution in [0.25, 0.3) is 0 Å². The van der Waals surface area contributed by atoms with Crippen LogP contribution in [0.1, 0.15) is 55.9 Å². The van der Waals surface area contributed by atoms with Crippen molar-refractivity contribution in [2.45, 2.75) is 26.2 Å². The van der Waals surface area contributed by atoms with Crippen molar-refractivity contribution in [2.24, 2.45) is 0 Å². The van der Waals surface area contributed by atoms with Crippen LogP contribution in [0.2, 0.25) is 5.02 Å². The summed E-state index contributed by atoms with van der Waals surface area (Å²) in [6.45, 7) is 1.34. The van der Waals surface area contributed by atoms with E-state index in [1.165, 1.54) is 36.4 Å². The maximum atomic E-state index is 13.3. The third-order valence-electron chi connectivity index (χ3n) is 5.80. The number of carbonyl (C=O) groups excluding carboxylic acids is 5. The smallest absolute Gasteiger partial charge is 0.343 e. The number of Topliss-reactive ketones (excluding diaryl/α,β-unsaturated/α-hetero) is 1. The molecule has 37 heavy (non-hydrogen) atoms. The van der Waals surface area contributed by atoms with Crippen molar-refractivity contribution in [3.63, 3.8) is 0 Å². The molecule has 8 nitrogen and oxygen atoms in total. The fraction of sp³-hybridized carbons (Fsp3) is 0.179. The zero-order chi connectivity index (χ0) is 26.5. The number of nitrogens with zero attached hydrogens (tertiary/aromatic N) is 2. The second-order valence-electron chi connectivity index (χ2n) is 8.50. The number of benzene rings is 3. The fourth-order valence-corrected chi connectivity index (χ4v) is 4.03. The van der Waals surface area contributed by atoms with Crippen LogP contribution in [0, 0.1) is 6.92 Å². The van der Waals surface area contributed by atoms with E-state index in [1.54, 1.807) is 36.4 Å². The fourth-order valence-electron chi connectivity index (χ4n) is 3.81. The summed E-state index contributed by atoms with van der Waals surface area (Å²) in [5, 5.41) is 1.71. The number of esters is 1. The zero-order valence-corrected chi connectivity index (χ0v) is 20.7. The lowest BCUT2D eigenvalue weighted by Crippen LogP contribution is -2.56. The SMILES string of the molecule is Cc1ccc(C(=O)Oc2ccc(C(=O)CN(C(=O)c3ccccc3Cl)N3C(=O)CCCC3=O)cc2)cc1. The average molecular weight is 519 g/mol. The standard InChI is InChI=1S/C28H23ClN2O6/c1-18-9-11-20(12-10-18)28(36)37-21-15-13-19(14-16-21)24(32)17-30(31-25(33)7-4-8-26(31)34)27(35)22-5-2-3-6-23(22)29/h2-3,5-6,9-16H,4,7-8,17H2,1H3. The molecular weight excluding hydrogens is 496 g/mol. The van der Waals surface area contributed by atoms with Gasteiger partial charge in [-0.3, -0.25) is 19.2 Å². The summed E-state index contributed by atoms with van der Waals surface area (Å²) in [5.74, 6) is -2.72. The number of piperidine rings is 1. The van der Waals surface area contributed by atoms with E-state index in [0.29, 0.717) is 12.0 Å². The molecule has 1 aliphatic rings. The summed E-state index contributed by atoms with van der Waals surface area (Å²) in [5.41, 5.74) is 1.65. The molecule has 0 saturated carbocycles. The minimum absolute atomic E-state index is 0.0570. The lowest BCUT2D eigenvalue weighted by Gasteiger charge is -2.35. The first kappa shape index (κ1) is 25.8. The Balaban J connectivity index is 1.53. The van der Waals surface area contributed by atoms with Crippen LogP contribution in [0.3, 0.4) is 0 Å². The summed E-state index contributed by atoms with van der Waals surface area (Å²) in [7, 11) is 0. The van der Waals surface area contributed by atoms with Crippen LogP contribution >= 0.6 is 11.6 Å². The first-order chi connectivity index (χ1) is 17.7. The second-order valence-corrected chi connectivity index (χ2v) is 8.91. The molecule has 1 aliphatic heterocycles. The van der Waals surface area contributed by atoms with Gasteiger partial charge in [0, 0.05) is 18.4 Å². The highest BCUT2D eigenvalue weighted by molar-refractivity contribution is 6.34. The predicted molar refractivity (Wildman–Crippen MR) is 135 cm³/mol. The van der Waals surface area contributed by atoms with E-state index in [-0.39, 0.29) is 34.7 Å². The number of ether oxygens (including phenoxy) is 1. The first-order valence-electron chi connectivity index (χ1n) is 11.6. The molecule has 0 atom stereocenters. The quantitative estimate of drug-likeness (QED) is 0.195. The topological polar surface area (TPSA) is 101 Å². The molecule has 0 aromatic heterocycles. The molecule has 0 spiro atoms. The summed E-state index contributed by atoms with van der Waals surface area (Å²) in [6, 6.07) is 18.9. The van der Waals surface area contributed by atoms with Gasteiger partial charge in [0.2, 0.25) is 11.8 Å². The van der Waals surface area contributed by atoms with E-state index in [0.717, 1.165) is 15.6 Å². The van der Waals surface area contributed by atoms with Crippen molar-refractivity contribution in [1.29, 1.82) is 0 Å². The molecule has 9 heteroatoms. The third kappa shape index (κ3) is 5.92. The molecule has 0 aliphatic carbocycles. The predicted octanol–water partition coefficient (Wildman–Crippen LogP) is 4.65. The van der Waals surface area contributed by atoms with Gasteiger partial charge in [-0.25, -0.2) is 9.80 Å². The molecule has 0 bridgehead atoms. The molecule has 1 saturated heterocycles. The number of hydrogen-bond acceptors (Lipinski definition) is 6. The number of carbonyl (C=O) groups is 5. The van der Waals surface area contributed by atoms with E-state index >= 15 is 0 Å². The van der Waals surface area contributed by atoms with E-state index in [4.69, 9.17) is 16.3 Å². The van der Waals surface area contributed by atoms with Gasteiger partial charge < -0.3 is 4.74 Å². The van der Waals surface area contributed by atoms with Crippen molar-refractivity contribution in [2.75, 3.05) is 6.54 Å². The van der Waals surface area contributed by atoms with Gasteiger partial charge in [0.25, 0.3) is 5.91 Å². The molecule has 3 aromatic carbocycles. The summed E-state index contributed by atoms with van der Waals surface area (Å²) >= 11 is 6.18. The Bertz CT molecular complexity index is 1350. The van der Waals surface area contributed by atoms with Gasteiger partial charge in [0.1, 0.15) is 12.3 Å². The van der Waals surface area contributed by atoms with Gasteiger partial charge in [-0.1, -0.05) is 41.4 Å². The molecule has 0 N–H and O–H groups in total. The van der Waals surface area contributed by atoms with Crippen LogP contribution < -0.4 is 4.74 Å². The number of hydrazine groups is 1. The summed E-state index contributed by atoms with van der Waals surface area (Å²) in [6.07, 6.45) is 0.527. The molecule has 4 rings (SSSR count). The Morgan fingerprint density at radius 2 is 1.46 bits per heavy atom. The normalized spacial score (nSPS) is 13.3. The number of rotatable bonds is 7. The molecule has 1 fully saturated rings. The van der Waals surface area contributed by atoms with Crippen LogP contribution in [0.15, 0.2) is 72.8 Å². The minimum atomic E-state index is -0.744. The molecule has 3 amide bonds. The van der Waals surface area contributed by atoms with E-state index in [9.17, 15) is 24.0 Å². The van der Waals surface area contributed by atoms with Crippen LogP contribution in [0.4, 0.5) is 0 Å². The second kappa shape index (κ2) is 11.2. The lowest BCUT2D eigenvalue weighted by molar-refractivity contribution is -0.162. The first-order valence-corrected chi connectivity index (χ1v) is 12.0. The van der Waals surface area contributed by atoms with Gasteiger partial charge in [0.05, 0.1) is 16.1 Å². The number of imide groups is 1. The zero-order valence-electron chi connectivity index (χ0n) is 20.0. The molecule has 0 radical (unpaired) electrons. The number of ketones is 1. The van der Waals surface area contributed by atoms with E-state index < -0.39 is 36.0 Å². The molecule has 0 unspecified atom stereocenters. The van der Waals surface area contributed by atoms with Gasteiger partial charge in [-0.05, 0) is 61.9 Å². The van der Waals surface area contributed by atoms with Crippen molar-refractivity contribution >= 4 is 41.1 Å². The lowest BCUT2D eigenvalue weighted by atomic mass is 10.1. The number of hydrogen-bond donors (Lipinski definition) is 0. The Morgan fingerprint density at radius 3 is 2.08 bits per heavy atom. The van der Waals surface area contributed by atoms with Gasteiger partial charge in [-0.15, -0.1) is 0 Å². The highest BCUT2D eigenvalue weighted by Crippen LogP contribution is 2.23. The molecule has 3 aromatic rings. The van der Waals surface area contributed by atoms with Gasteiger partial charge in [0.15, 0.2) is 5.78 Å². The van der Waals surface area contributed by atoms with Crippen LogP contribution in [0.5, 0.6) is 5.75 Å². The van der Waals surface area contributed by atoms with Crippen molar-refractivity contribution in [3.8, 4) is 5.75 Å². The summed E-state index contributed by atoms with van der Waals surface area (Å²) in [4.78, 5) is 64.0. The Labute approximate surface area is 218 Å². The Kier molecular flexibility index (Phi) is 7.79. The maximum Gasteiger partial charge on any atom is 0.343 e. The molecule has 188 valence electrons. The number of aryl methyl sites for hydroxylation is 1.